The van der Waals surface area contributed by atoms with Gasteiger partial charge < -0.3 is 15.0 Å². The molecule has 1 atom stereocenters. The number of aromatic amines is 1. The normalized spacial score (nSPS) is 16.2. The number of sulfonamides is 1. The number of carbonyl (C=O) groups excluding carboxylic acids is 2. The van der Waals surface area contributed by atoms with Crippen molar-refractivity contribution in [3.8, 4) is 0 Å². The van der Waals surface area contributed by atoms with Crippen molar-refractivity contribution in [3.63, 3.8) is 0 Å². The molecule has 30 heavy (non-hydrogen) atoms. The van der Waals surface area contributed by atoms with E-state index < -0.39 is 33.1 Å². The highest BCUT2D eigenvalue weighted by Crippen LogP contribution is 2.15. The molecule has 1 aliphatic heterocycles. The van der Waals surface area contributed by atoms with Crippen LogP contribution in [0.1, 0.15) is 30.1 Å². The Morgan fingerprint density at radius 1 is 1.23 bits per heavy atom. The second-order valence-corrected chi connectivity index (χ2v) is 8.38. The zero-order chi connectivity index (χ0) is 21.9. The van der Waals surface area contributed by atoms with Crippen LogP contribution in [0.5, 0.6) is 0 Å². The summed E-state index contributed by atoms with van der Waals surface area (Å²) < 4.78 is 32.1. The topological polar surface area (TPSA) is 156 Å². The standard InChI is InChI=1S/C18H20N4O7S/c1-11(23)21-30(27,28)14-6-4-12(5-7-14)20-16(24)15-9-19-18(26)22(17(15)25)10-13-3-2-8-29-13/h4-7,9,13H,2-3,8,10H2,1H3,(H,19,26)(H,20,24)(H,21,23). The summed E-state index contributed by atoms with van der Waals surface area (Å²) in [6.45, 7) is 1.68. The van der Waals surface area contributed by atoms with Crippen molar-refractivity contribution in [2.45, 2.75) is 37.3 Å². The molecule has 2 aromatic rings. The quantitative estimate of drug-likeness (QED) is 0.566. The summed E-state index contributed by atoms with van der Waals surface area (Å²) in [5.74, 6) is -1.50. The van der Waals surface area contributed by atoms with Crippen LogP contribution in [0.25, 0.3) is 0 Å². The van der Waals surface area contributed by atoms with Crippen LogP contribution in [0.2, 0.25) is 0 Å². The van der Waals surface area contributed by atoms with E-state index in [9.17, 15) is 27.6 Å². The first-order valence-electron chi connectivity index (χ1n) is 9.06. The first-order chi connectivity index (χ1) is 14.2. The van der Waals surface area contributed by atoms with Crippen molar-refractivity contribution in [2.75, 3.05) is 11.9 Å². The summed E-state index contributed by atoms with van der Waals surface area (Å²) in [5, 5.41) is 2.47. The van der Waals surface area contributed by atoms with Crippen LogP contribution in [-0.2, 0) is 26.1 Å². The van der Waals surface area contributed by atoms with Gasteiger partial charge in [-0.3, -0.25) is 19.0 Å². The Morgan fingerprint density at radius 3 is 2.53 bits per heavy atom. The summed E-state index contributed by atoms with van der Waals surface area (Å²) in [4.78, 5) is 50.3. The number of hydrogen-bond acceptors (Lipinski definition) is 7. The lowest BCUT2D eigenvalue weighted by Gasteiger charge is -2.12. The third-order valence-corrected chi connectivity index (χ3v) is 5.87. The molecule has 12 heteroatoms. The number of aromatic nitrogens is 2. The minimum absolute atomic E-state index is 0.0466. The van der Waals surface area contributed by atoms with Crippen molar-refractivity contribution < 1.29 is 22.7 Å². The Balaban J connectivity index is 1.78. The van der Waals surface area contributed by atoms with Gasteiger partial charge in [0.15, 0.2) is 0 Å². The molecule has 1 unspecified atom stereocenters. The average Bonchev–Trinajstić information content (AvgIpc) is 3.17. The number of nitrogens with one attached hydrogen (secondary N) is 3. The number of carbonyl (C=O) groups is 2. The number of benzene rings is 1. The second kappa shape index (κ2) is 8.63. The Labute approximate surface area is 171 Å². The molecule has 11 nitrogen and oxygen atoms in total. The second-order valence-electron chi connectivity index (χ2n) is 6.70. The molecule has 2 amide bonds. The fourth-order valence-electron chi connectivity index (χ4n) is 3.00. The van der Waals surface area contributed by atoms with E-state index >= 15 is 0 Å². The Morgan fingerprint density at radius 2 is 1.93 bits per heavy atom. The maximum Gasteiger partial charge on any atom is 0.328 e. The molecule has 2 heterocycles. The highest BCUT2D eigenvalue weighted by Gasteiger charge is 2.21. The van der Waals surface area contributed by atoms with E-state index in [0.29, 0.717) is 6.61 Å². The van der Waals surface area contributed by atoms with E-state index in [1.165, 1.54) is 24.3 Å². The van der Waals surface area contributed by atoms with Gasteiger partial charge in [-0.15, -0.1) is 0 Å². The zero-order valence-electron chi connectivity index (χ0n) is 16.0. The Kier molecular flexibility index (Phi) is 6.17. The summed E-state index contributed by atoms with van der Waals surface area (Å²) in [7, 11) is -4.00. The molecule has 1 fully saturated rings. The van der Waals surface area contributed by atoms with Gasteiger partial charge >= 0.3 is 5.69 Å². The van der Waals surface area contributed by atoms with Crippen molar-refractivity contribution in [3.05, 3.63) is 56.9 Å². The average molecular weight is 436 g/mol. The third kappa shape index (κ3) is 4.83. The zero-order valence-corrected chi connectivity index (χ0v) is 16.8. The smallest absolute Gasteiger partial charge is 0.328 e. The van der Waals surface area contributed by atoms with Crippen molar-refractivity contribution in [2.24, 2.45) is 0 Å². The van der Waals surface area contributed by atoms with E-state index in [-0.39, 0.29) is 28.8 Å². The highest BCUT2D eigenvalue weighted by molar-refractivity contribution is 7.90. The molecule has 3 N–H and O–H groups in total. The number of anilines is 1. The Bertz CT molecular complexity index is 1180. The van der Waals surface area contributed by atoms with Gasteiger partial charge in [0.2, 0.25) is 5.91 Å². The van der Waals surface area contributed by atoms with Gasteiger partial charge in [-0.05, 0) is 37.1 Å². The van der Waals surface area contributed by atoms with Crippen molar-refractivity contribution >= 4 is 27.5 Å². The minimum atomic E-state index is -4.00. The van der Waals surface area contributed by atoms with Gasteiger partial charge in [0, 0.05) is 25.4 Å². The number of nitrogens with zero attached hydrogens (tertiary/aromatic N) is 1. The van der Waals surface area contributed by atoms with E-state index in [0.717, 1.165) is 30.5 Å². The summed E-state index contributed by atoms with van der Waals surface area (Å²) in [5.41, 5.74) is -1.45. The molecule has 0 saturated carbocycles. The van der Waals surface area contributed by atoms with Crippen LogP contribution in [-0.4, -0.2) is 42.5 Å². The van der Waals surface area contributed by atoms with Crippen LogP contribution >= 0.6 is 0 Å². The molecule has 1 aromatic carbocycles. The molecular weight excluding hydrogens is 416 g/mol. The molecule has 3 rings (SSSR count). The molecule has 0 bridgehead atoms. The molecule has 0 radical (unpaired) electrons. The van der Waals surface area contributed by atoms with Crippen LogP contribution in [0.15, 0.2) is 44.9 Å². The first-order valence-corrected chi connectivity index (χ1v) is 10.5. The van der Waals surface area contributed by atoms with Crippen molar-refractivity contribution in [1.82, 2.24) is 14.3 Å². The van der Waals surface area contributed by atoms with E-state index in [4.69, 9.17) is 4.74 Å². The van der Waals surface area contributed by atoms with E-state index in [1.54, 1.807) is 0 Å². The number of hydrogen-bond donors (Lipinski definition) is 3. The fraction of sp³-hybridized carbons (Fsp3) is 0.333. The van der Waals surface area contributed by atoms with Crippen molar-refractivity contribution in [1.29, 1.82) is 0 Å². The van der Waals surface area contributed by atoms with Crippen LogP contribution in [0, 0.1) is 0 Å². The number of rotatable bonds is 6. The van der Waals surface area contributed by atoms with Gasteiger partial charge in [0.05, 0.1) is 17.5 Å². The van der Waals surface area contributed by atoms with Crippen LogP contribution in [0.4, 0.5) is 5.69 Å². The predicted molar refractivity (Wildman–Crippen MR) is 106 cm³/mol. The van der Waals surface area contributed by atoms with Crippen LogP contribution in [0.3, 0.4) is 0 Å². The lowest BCUT2D eigenvalue weighted by Crippen LogP contribution is -2.41. The first kappa shape index (κ1) is 21.5. The molecule has 1 aromatic heterocycles. The predicted octanol–water partition coefficient (Wildman–Crippen LogP) is -0.207. The third-order valence-electron chi connectivity index (χ3n) is 4.42. The van der Waals surface area contributed by atoms with Gasteiger partial charge in [-0.1, -0.05) is 0 Å². The SMILES string of the molecule is CC(=O)NS(=O)(=O)c1ccc(NC(=O)c2c[nH]c(=O)n(CC3CCCO3)c2=O)cc1. The Hall–Kier alpha value is -3.25. The molecule has 1 saturated heterocycles. The lowest BCUT2D eigenvalue weighted by molar-refractivity contribution is -0.117. The molecule has 1 aliphatic rings. The highest BCUT2D eigenvalue weighted by atomic mass is 32.2. The lowest BCUT2D eigenvalue weighted by atomic mass is 10.2. The van der Waals surface area contributed by atoms with E-state index in [1.807, 2.05) is 4.72 Å². The molecular formula is C18H20N4O7S. The van der Waals surface area contributed by atoms with Gasteiger partial charge in [0.1, 0.15) is 5.56 Å². The maximum absolute atomic E-state index is 12.6. The minimum Gasteiger partial charge on any atom is -0.376 e. The van der Waals surface area contributed by atoms with E-state index in [2.05, 4.69) is 10.3 Å². The monoisotopic (exact) mass is 436 g/mol. The largest absolute Gasteiger partial charge is 0.376 e. The van der Waals surface area contributed by atoms with Gasteiger partial charge in [-0.25, -0.2) is 17.9 Å². The molecule has 160 valence electrons. The molecule has 0 spiro atoms. The maximum atomic E-state index is 12.6. The number of amides is 2. The summed E-state index contributed by atoms with van der Waals surface area (Å²) in [6, 6.07) is 5.01. The summed E-state index contributed by atoms with van der Waals surface area (Å²) >= 11 is 0. The number of ether oxygens (including phenoxy) is 1. The fourth-order valence-corrected chi connectivity index (χ4v) is 3.99. The van der Waals surface area contributed by atoms with Crippen LogP contribution < -0.4 is 21.3 Å². The summed E-state index contributed by atoms with van der Waals surface area (Å²) in [6.07, 6.45) is 2.32. The number of H-pyrrole nitrogens is 1. The van der Waals surface area contributed by atoms with Gasteiger partial charge in [-0.2, -0.15) is 0 Å². The molecule has 0 aliphatic carbocycles. The van der Waals surface area contributed by atoms with Gasteiger partial charge in [0.25, 0.3) is 21.5 Å².